The van der Waals surface area contributed by atoms with E-state index < -0.39 is 0 Å². The third kappa shape index (κ3) is 4.79. The lowest BCUT2D eigenvalue weighted by Gasteiger charge is -2.11. The quantitative estimate of drug-likeness (QED) is 0.686. The Morgan fingerprint density at radius 2 is 1.84 bits per heavy atom. The molecule has 130 valence electrons. The van der Waals surface area contributed by atoms with Crippen LogP contribution in [-0.4, -0.2) is 31.1 Å². The number of benzene rings is 2. The second kappa shape index (κ2) is 8.44. The van der Waals surface area contributed by atoms with Crippen molar-refractivity contribution in [3.63, 3.8) is 0 Å². The fourth-order valence-corrected chi connectivity index (χ4v) is 3.29. The Morgan fingerprint density at radius 1 is 1.08 bits per heavy atom. The zero-order valence-electron chi connectivity index (χ0n) is 13.6. The van der Waals surface area contributed by atoms with Crippen molar-refractivity contribution < 1.29 is 14.3 Å². The lowest BCUT2D eigenvalue weighted by molar-refractivity contribution is 0.0857. The number of hydrogen-bond acceptors (Lipinski definition) is 3. The molecule has 1 atom stereocenters. The molecule has 1 unspecified atom stereocenters. The maximum absolute atomic E-state index is 12.3. The molecule has 3 rings (SSSR count). The second-order valence-corrected chi connectivity index (χ2v) is 7.02. The van der Waals surface area contributed by atoms with Gasteiger partial charge in [-0.15, -0.1) is 0 Å². The van der Waals surface area contributed by atoms with Gasteiger partial charge >= 0.3 is 0 Å². The fourth-order valence-electron chi connectivity index (χ4n) is 2.66. The van der Waals surface area contributed by atoms with Crippen LogP contribution in [0, 0.1) is 3.57 Å². The van der Waals surface area contributed by atoms with Gasteiger partial charge in [0.2, 0.25) is 0 Å². The lowest BCUT2D eigenvalue weighted by Crippen LogP contribution is -2.31. The van der Waals surface area contributed by atoms with Gasteiger partial charge in [-0.05, 0) is 71.8 Å². The van der Waals surface area contributed by atoms with E-state index >= 15 is 0 Å². The molecule has 2 N–H and O–H groups in total. The van der Waals surface area contributed by atoms with E-state index in [1.54, 1.807) is 30.3 Å². The van der Waals surface area contributed by atoms with Gasteiger partial charge in [-0.2, -0.15) is 0 Å². The number of rotatable bonds is 5. The van der Waals surface area contributed by atoms with Crippen LogP contribution in [0.5, 0.6) is 0 Å². The third-order valence-corrected chi connectivity index (χ3v) is 4.98. The third-order valence-electron chi connectivity index (χ3n) is 4.04. The van der Waals surface area contributed by atoms with Crippen molar-refractivity contribution in [3.8, 4) is 0 Å². The Hall–Kier alpha value is -1.93. The first-order valence-corrected chi connectivity index (χ1v) is 9.27. The van der Waals surface area contributed by atoms with E-state index in [0.29, 0.717) is 23.4 Å². The van der Waals surface area contributed by atoms with Gasteiger partial charge in [0, 0.05) is 28.0 Å². The van der Waals surface area contributed by atoms with Gasteiger partial charge in [0.1, 0.15) is 0 Å². The van der Waals surface area contributed by atoms with E-state index in [1.807, 2.05) is 18.2 Å². The van der Waals surface area contributed by atoms with E-state index in [0.717, 1.165) is 23.0 Å². The van der Waals surface area contributed by atoms with E-state index in [2.05, 4.69) is 33.2 Å². The Balaban J connectivity index is 1.57. The summed E-state index contributed by atoms with van der Waals surface area (Å²) in [6.07, 6.45) is 2.16. The average molecular weight is 450 g/mol. The monoisotopic (exact) mass is 450 g/mol. The summed E-state index contributed by atoms with van der Waals surface area (Å²) in [7, 11) is 0. The summed E-state index contributed by atoms with van der Waals surface area (Å²) in [6, 6.07) is 14.3. The zero-order valence-corrected chi connectivity index (χ0v) is 15.8. The van der Waals surface area contributed by atoms with Crippen LogP contribution >= 0.6 is 22.6 Å². The Morgan fingerprint density at radius 3 is 2.52 bits per heavy atom. The molecule has 0 bridgehead atoms. The van der Waals surface area contributed by atoms with E-state index in [9.17, 15) is 9.59 Å². The molecule has 1 fully saturated rings. The Bertz CT molecular complexity index is 756. The average Bonchev–Trinajstić information content (AvgIpc) is 3.14. The topological polar surface area (TPSA) is 67.4 Å². The van der Waals surface area contributed by atoms with Crippen molar-refractivity contribution in [1.29, 1.82) is 0 Å². The number of carbonyl (C=O) groups is 2. The van der Waals surface area contributed by atoms with Gasteiger partial charge < -0.3 is 15.4 Å². The van der Waals surface area contributed by atoms with Crippen molar-refractivity contribution in [2.24, 2.45) is 0 Å². The predicted octanol–water partition coefficient (Wildman–Crippen LogP) is 3.45. The number of nitrogens with one attached hydrogen (secondary N) is 2. The Labute approximate surface area is 160 Å². The van der Waals surface area contributed by atoms with Crippen LogP contribution in [-0.2, 0) is 4.74 Å². The van der Waals surface area contributed by atoms with Crippen molar-refractivity contribution in [2.45, 2.75) is 18.9 Å². The maximum atomic E-state index is 12.3. The molecule has 2 aromatic rings. The molecule has 1 saturated heterocycles. The SMILES string of the molecule is O=C(NCC1CCCO1)c1ccc(NC(=O)c2ccccc2I)cc1. The summed E-state index contributed by atoms with van der Waals surface area (Å²) in [6.45, 7) is 1.30. The van der Waals surface area contributed by atoms with Gasteiger partial charge in [-0.1, -0.05) is 12.1 Å². The molecule has 1 aliphatic rings. The highest BCUT2D eigenvalue weighted by molar-refractivity contribution is 14.1. The smallest absolute Gasteiger partial charge is 0.256 e. The number of carbonyl (C=O) groups excluding carboxylic acids is 2. The first-order valence-electron chi connectivity index (χ1n) is 8.19. The molecule has 0 saturated carbocycles. The van der Waals surface area contributed by atoms with Crippen LogP contribution in [0.25, 0.3) is 0 Å². The number of halogens is 1. The largest absolute Gasteiger partial charge is 0.376 e. The number of hydrogen-bond donors (Lipinski definition) is 2. The molecular formula is C19H19IN2O3. The molecule has 2 amide bonds. The van der Waals surface area contributed by atoms with Crippen molar-refractivity contribution >= 4 is 40.1 Å². The minimum atomic E-state index is -0.166. The van der Waals surface area contributed by atoms with Crippen molar-refractivity contribution in [3.05, 3.63) is 63.2 Å². The minimum Gasteiger partial charge on any atom is -0.376 e. The zero-order chi connectivity index (χ0) is 17.6. The van der Waals surface area contributed by atoms with Crippen LogP contribution in [0.1, 0.15) is 33.6 Å². The van der Waals surface area contributed by atoms with Crippen LogP contribution in [0.2, 0.25) is 0 Å². The number of amides is 2. The molecule has 6 heteroatoms. The van der Waals surface area contributed by atoms with Gasteiger partial charge in [0.15, 0.2) is 0 Å². The highest BCUT2D eigenvalue weighted by Crippen LogP contribution is 2.16. The first-order chi connectivity index (χ1) is 12.1. The van der Waals surface area contributed by atoms with Crippen LogP contribution in [0.3, 0.4) is 0 Å². The molecule has 0 aliphatic carbocycles. The minimum absolute atomic E-state index is 0.121. The predicted molar refractivity (Wildman–Crippen MR) is 105 cm³/mol. The molecule has 5 nitrogen and oxygen atoms in total. The van der Waals surface area contributed by atoms with Crippen LogP contribution < -0.4 is 10.6 Å². The summed E-state index contributed by atoms with van der Waals surface area (Å²) >= 11 is 2.13. The van der Waals surface area contributed by atoms with Gasteiger partial charge in [0.25, 0.3) is 11.8 Å². The second-order valence-electron chi connectivity index (χ2n) is 5.86. The molecule has 1 aliphatic heterocycles. The van der Waals surface area contributed by atoms with E-state index in [1.165, 1.54) is 0 Å². The van der Waals surface area contributed by atoms with Gasteiger partial charge in [-0.25, -0.2) is 0 Å². The lowest BCUT2D eigenvalue weighted by atomic mass is 10.1. The first kappa shape index (κ1) is 17.9. The molecule has 2 aromatic carbocycles. The Kier molecular flexibility index (Phi) is 6.04. The summed E-state index contributed by atoms with van der Waals surface area (Å²) in [5.41, 5.74) is 1.84. The summed E-state index contributed by atoms with van der Waals surface area (Å²) in [4.78, 5) is 24.4. The van der Waals surface area contributed by atoms with Gasteiger partial charge in [0.05, 0.1) is 11.7 Å². The molecule has 1 heterocycles. The summed E-state index contributed by atoms with van der Waals surface area (Å²) in [5, 5.41) is 5.73. The normalized spacial score (nSPS) is 16.4. The van der Waals surface area contributed by atoms with Gasteiger partial charge in [-0.3, -0.25) is 9.59 Å². The number of anilines is 1. The van der Waals surface area contributed by atoms with E-state index in [4.69, 9.17) is 4.74 Å². The maximum Gasteiger partial charge on any atom is 0.256 e. The molecule has 0 radical (unpaired) electrons. The summed E-state index contributed by atoms with van der Waals surface area (Å²) in [5.74, 6) is -0.299. The van der Waals surface area contributed by atoms with Crippen LogP contribution in [0.15, 0.2) is 48.5 Å². The van der Waals surface area contributed by atoms with Crippen molar-refractivity contribution in [2.75, 3.05) is 18.5 Å². The highest BCUT2D eigenvalue weighted by atomic mass is 127. The van der Waals surface area contributed by atoms with E-state index in [-0.39, 0.29) is 17.9 Å². The standard InChI is InChI=1S/C19H19IN2O3/c20-17-6-2-1-5-16(17)19(24)22-14-9-7-13(8-10-14)18(23)21-12-15-4-3-11-25-15/h1-2,5-10,15H,3-4,11-12H2,(H,21,23)(H,22,24). The summed E-state index contributed by atoms with van der Waals surface area (Å²) < 4.78 is 6.38. The van der Waals surface area contributed by atoms with Crippen LogP contribution in [0.4, 0.5) is 5.69 Å². The molecule has 0 aromatic heterocycles. The molecule has 25 heavy (non-hydrogen) atoms. The van der Waals surface area contributed by atoms with Crippen molar-refractivity contribution in [1.82, 2.24) is 5.32 Å². The molecular weight excluding hydrogens is 431 g/mol. The number of ether oxygens (including phenoxy) is 1. The fraction of sp³-hybridized carbons (Fsp3) is 0.263. The molecule has 0 spiro atoms. The highest BCUT2D eigenvalue weighted by Gasteiger charge is 2.16.